The Balaban J connectivity index is 1.82. The SMILES string of the molecule is O=C(O)[C@@H]1[C@H](C(=O)Nc2ccc(Br)cc2Br)[C@H]2C=C[C@H]1C2. The fourth-order valence-corrected chi connectivity index (χ4v) is 4.47. The van der Waals surface area contributed by atoms with E-state index in [0.29, 0.717) is 5.69 Å². The summed E-state index contributed by atoms with van der Waals surface area (Å²) in [5, 5.41) is 12.2. The Morgan fingerprint density at radius 2 is 1.81 bits per heavy atom. The normalized spacial score (nSPS) is 29.6. The lowest BCUT2D eigenvalue weighted by atomic mass is 9.82. The molecule has 1 saturated carbocycles. The fraction of sp³-hybridized carbons (Fsp3) is 0.333. The summed E-state index contributed by atoms with van der Waals surface area (Å²) >= 11 is 6.75. The number of halogens is 2. The summed E-state index contributed by atoms with van der Waals surface area (Å²) in [6.07, 6.45) is 4.67. The van der Waals surface area contributed by atoms with Crippen molar-refractivity contribution in [3.05, 3.63) is 39.3 Å². The van der Waals surface area contributed by atoms with E-state index in [2.05, 4.69) is 37.2 Å². The molecule has 1 amide bonds. The van der Waals surface area contributed by atoms with Crippen LogP contribution in [-0.4, -0.2) is 17.0 Å². The van der Waals surface area contributed by atoms with E-state index in [1.54, 1.807) is 6.07 Å². The molecule has 0 saturated heterocycles. The minimum absolute atomic E-state index is 0.0170. The third-order valence-corrected chi connectivity index (χ3v) is 5.39. The number of nitrogens with one attached hydrogen (secondary N) is 1. The summed E-state index contributed by atoms with van der Waals surface area (Å²) in [7, 11) is 0. The Bertz CT molecular complexity index is 644. The average Bonchev–Trinajstić information content (AvgIpc) is 3.02. The monoisotopic (exact) mass is 413 g/mol. The molecule has 2 aliphatic carbocycles. The standard InChI is InChI=1S/C15H13Br2NO3/c16-9-3-4-11(10(17)6-9)18-14(19)12-7-1-2-8(5-7)13(12)15(20)21/h1-4,6-8,12-13H,5H2,(H,18,19)(H,20,21)/t7-,8-,12+,13-/m0/s1. The Hall–Kier alpha value is -1.14. The number of carbonyl (C=O) groups excluding carboxylic acids is 1. The van der Waals surface area contributed by atoms with E-state index in [-0.39, 0.29) is 17.7 Å². The first-order chi connectivity index (χ1) is 9.97. The van der Waals surface area contributed by atoms with Crippen molar-refractivity contribution in [2.75, 3.05) is 5.32 Å². The molecular weight excluding hydrogens is 402 g/mol. The van der Waals surface area contributed by atoms with Crippen molar-refractivity contribution < 1.29 is 14.7 Å². The predicted molar refractivity (Wildman–Crippen MR) is 85.8 cm³/mol. The van der Waals surface area contributed by atoms with E-state index in [0.717, 1.165) is 15.4 Å². The maximum atomic E-state index is 12.5. The molecule has 1 aromatic rings. The van der Waals surface area contributed by atoms with Gasteiger partial charge in [-0.2, -0.15) is 0 Å². The van der Waals surface area contributed by atoms with Crippen molar-refractivity contribution in [1.29, 1.82) is 0 Å². The molecular formula is C15H13Br2NO3. The van der Waals surface area contributed by atoms with Gasteiger partial charge in [-0.1, -0.05) is 28.1 Å². The van der Waals surface area contributed by atoms with Crippen molar-refractivity contribution in [3.63, 3.8) is 0 Å². The number of carboxylic acid groups (broad SMARTS) is 1. The van der Waals surface area contributed by atoms with Gasteiger partial charge in [-0.15, -0.1) is 0 Å². The van der Waals surface area contributed by atoms with Gasteiger partial charge < -0.3 is 10.4 Å². The van der Waals surface area contributed by atoms with Crippen molar-refractivity contribution in [2.45, 2.75) is 6.42 Å². The number of hydrogen-bond donors (Lipinski definition) is 2. The maximum absolute atomic E-state index is 12.5. The summed E-state index contributed by atoms with van der Waals surface area (Å²) in [5.74, 6) is -2.20. The zero-order valence-corrected chi connectivity index (χ0v) is 14.1. The number of rotatable bonds is 3. The van der Waals surface area contributed by atoms with Gasteiger partial charge in [0.15, 0.2) is 0 Å². The number of fused-ring (bicyclic) bond motifs is 2. The molecule has 110 valence electrons. The highest BCUT2D eigenvalue weighted by molar-refractivity contribution is 9.11. The molecule has 0 spiro atoms. The van der Waals surface area contributed by atoms with Crippen LogP contribution in [0.15, 0.2) is 39.3 Å². The van der Waals surface area contributed by atoms with Crippen LogP contribution in [0.3, 0.4) is 0 Å². The van der Waals surface area contributed by atoms with E-state index in [1.165, 1.54) is 0 Å². The van der Waals surface area contributed by atoms with Crippen molar-refractivity contribution in [2.24, 2.45) is 23.7 Å². The van der Waals surface area contributed by atoms with Gasteiger partial charge in [0.1, 0.15) is 0 Å². The molecule has 2 aliphatic rings. The lowest BCUT2D eigenvalue weighted by Gasteiger charge is -2.24. The molecule has 1 aromatic carbocycles. The largest absolute Gasteiger partial charge is 0.481 e. The molecule has 21 heavy (non-hydrogen) atoms. The van der Waals surface area contributed by atoms with Crippen LogP contribution in [0.25, 0.3) is 0 Å². The van der Waals surface area contributed by atoms with Gasteiger partial charge in [0.05, 0.1) is 17.5 Å². The summed E-state index contributed by atoms with van der Waals surface area (Å²) in [6, 6.07) is 5.45. The molecule has 0 radical (unpaired) electrons. The van der Waals surface area contributed by atoms with Crippen LogP contribution < -0.4 is 5.32 Å². The quantitative estimate of drug-likeness (QED) is 0.741. The van der Waals surface area contributed by atoms with Gasteiger partial charge in [-0.05, 0) is 52.4 Å². The second kappa shape index (κ2) is 5.57. The molecule has 0 unspecified atom stereocenters. The molecule has 4 atom stereocenters. The van der Waals surface area contributed by atoms with Crippen LogP contribution in [0.2, 0.25) is 0 Å². The minimum Gasteiger partial charge on any atom is -0.481 e. The van der Waals surface area contributed by atoms with Gasteiger partial charge >= 0.3 is 5.97 Å². The highest BCUT2D eigenvalue weighted by Gasteiger charge is 2.51. The van der Waals surface area contributed by atoms with Gasteiger partial charge in [0.25, 0.3) is 0 Å². The third-order valence-electron chi connectivity index (χ3n) is 4.24. The topological polar surface area (TPSA) is 66.4 Å². The Labute approximate surface area is 138 Å². The van der Waals surface area contributed by atoms with Gasteiger partial charge in [-0.3, -0.25) is 9.59 Å². The lowest BCUT2D eigenvalue weighted by molar-refractivity contribution is -0.146. The minimum atomic E-state index is -0.887. The van der Waals surface area contributed by atoms with E-state index in [4.69, 9.17) is 0 Å². The van der Waals surface area contributed by atoms with Crippen LogP contribution in [0, 0.1) is 23.7 Å². The number of allylic oxidation sites excluding steroid dienone is 2. The van der Waals surface area contributed by atoms with Gasteiger partial charge in [-0.25, -0.2) is 0 Å². The number of hydrogen-bond acceptors (Lipinski definition) is 2. The third kappa shape index (κ3) is 2.66. The number of carboxylic acids is 1. The molecule has 0 heterocycles. The van der Waals surface area contributed by atoms with Gasteiger partial charge in [0, 0.05) is 8.95 Å². The number of aliphatic carboxylic acids is 1. The van der Waals surface area contributed by atoms with Crippen molar-refractivity contribution in [3.8, 4) is 0 Å². The van der Waals surface area contributed by atoms with Crippen molar-refractivity contribution in [1.82, 2.24) is 0 Å². The van der Waals surface area contributed by atoms with E-state index < -0.39 is 17.8 Å². The Morgan fingerprint density at radius 1 is 1.14 bits per heavy atom. The van der Waals surface area contributed by atoms with Crippen LogP contribution in [-0.2, 0) is 9.59 Å². The number of carbonyl (C=O) groups is 2. The predicted octanol–water partition coefficient (Wildman–Crippen LogP) is 3.67. The molecule has 3 rings (SSSR count). The second-order valence-electron chi connectivity index (χ2n) is 5.45. The molecule has 2 bridgehead atoms. The molecule has 0 aromatic heterocycles. The van der Waals surface area contributed by atoms with Gasteiger partial charge in [0.2, 0.25) is 5.91 Å². The molecule has 6 heteroatoms. The summed E-state index contributed by atoms with van der Waals surface area (Å²) in [4.78, 5) is 24.0. The van der Waals surface area contributed by atoms with Crippen LogP contribution in [0.4, 0.5) is 5.69 Å². The summed E-state index contributed by atoms with van der Waals surface area (Å²) < 4.78 is 1.66. The maximum Gasteiger partial charge on any atom is 0.307 e. The summed E-state index contributed by atoms with van der Waals surface area (Å²) in [5.41, 5.74) is 0.652. The summed E-state index contributed by atoms with van der Waals surface area (Å²) in [6.45, 7) is 0. The first kappa shape index (κ1) is 14.8. The highest BCUT2D eigenvalue weighted by atomic mass is 79.9. The highest BCUT2D eigenvalue weighted by Crippen LogP contribution is 2.48. The van der Waals surface area contributed by atoms with Crippen LogP contribution in [0.5, 0.6) is 0 Å². The zero-order chi connectivity index (χ0) is 15.1. The first-order valence-electron chi connectivity index (χ1n) is 6.64. The Kier molecular flexibility index (Phi) is 3.92. The van der Waals surface area contributed by atoms with Crippen LogP contribution >= 0.6 is 31.9 Å². The zero-order valence-electron chi connectivity index (χ0n) is 10.9. The molecule has 0 aliphatic heterocycles. The average molecular weight is 415 g/mol. The smallest absolute Gasteiger partial charge is 0.307 e. The number of amides is 1. The van der Waals surface area contributed by atoms with E-state index >= 15 is 0 Å². The molecule has 2 N–H and O–H groups in total. The molecule has 4 nitrogen and oxygen atoms in total. The number of benzene rings is 1. The molecule has 1 fully saturated rings. The fourth-order valence-electron chi connectivity index (χ4n) is 3.32. The van der Waals surface area contributed by atoms with Crippen LogP contribution in [0.1, 0.15) is 6.42 Å². The van der Waals surface area contributed by atoms with E-state index in [9.17, 15) is 14.7 Å². The first-order valence-corrected chi connectivity index (χ1v) is 8.23. The van der Waals surface area contributed by atoms with Crippen molar-refractivity contribution >= 4 is 49.4 Å². The Morgan fingerprint density at radius 3 is 2.43 bits per heavy atom. The number of anilines is 1. The van der Waals surface area contributed by atoms with E-state index in [1.807, 2.05) is 24.3 Å². The lowest BCUT2D eigenvalue weighted by Crippen LogP contribution is -2.36. The second-order valence-corrected chi connectivity index (χ2v) is 7.22.